The zero-order chi connectivity index (χ0) is 37.9. The smallest absolute Gasteiger partial charge is 0.303 e. The second kappa shape index (κ2) is 19.0. The van der Waals surface area contributed by atoms with Crippen LogP contribution in [0.5, 0.6) is 11.5 Å². The van der Waals surface area contributed by atoms with Crippen LogP contribution < -0.4 is 14.8 Å². The highest BCUT2D eigenvalue weighted by Gasteiger charge is 2.34. The van der Waals surface area contributed by atoms with E-state index in [9.17, 15) is 14.7 Å². The molecule has 4 aromatic rings. The summed E-state index contributed by atoms with van der Waals surface area (Å²) in [5.41, 5.74) is 8.50. The average Bonchev–Trinajstić information content (AvgIpc) is 3.20. The maximum Gasteiger partial charge on any atom is 0.303 e. The number of carbonyl (C=O) groups excluding carboxylic acids is 1. The summed E-state index contributed by atoms with van der Waals surface area (Å²) in [6.07, 6.45) is 4.51. The Bertz CT molecular complexity index is 1840. The first-order chi connectivity index (χ1) is 26.3. The van der Waals surface area contributed by atoms with E-state index in [1.54, 1.807) is 14.2 Å². The summed E-state index contributed by atoms with van der Waals surface area (Å²) in [4.78, 5) is 25.5. The predicted octanol–water partition coefficient (Wildman–Crippen LogP) is 7.51. The van der Waals surface area contributed by atoms with Gasteiger partial charge in [0.1, 0.15) is 0 Å². The SMILES string of the molecule is COc1cc2c(cc1OC)CN(C[C@H]1C[C@@H](c3ccc(CO)cc3)O[C@@H](c3ccc(-c4cccc(CNC(=O)CCCCCCC(=O)O)c4)cc3)O1)CC2. The van der Waals surface area contributed by atoms with E-state index < -0.39 is 12.3 Å². The predicted molar refractivity (Wildman–Crippen MR) is 206 cm³/mol. The molecule has 0 unspecified atom stereocenters. The van der Waals surface area contributed by atoms with Crippen LogP contribution in [0, 0.1) is 0 Å². The Morgan fingerprint density at radius 3 is 2.20 bits per heavy atom. The highest BCUT2D eigenvalue weighted by Crippen LogP contribution is 2.40. The molecule has 0 aromatic heterocycles. The van der Waals surface area contributed by atoms with Gasteiger partial charge >= 0.3 is 5.97 Å². The van der Waals surface area contributed by atoms with Crippen LogP contribution >= 0.6 is 0 Å². The van der Waals surface area contributed by atoms with Crippen molar-refractivity contribution in [1.29, 1.82) is 0 Å². The first kappa shape index (κ1) is 39.0. The molecule has 2 heterocycles. The molecule has 0 radical (unpaired) electrons. The maximum atomic E-state index is 12.4. The molecule has 2 aliphatic rings. The lowest BCUT2D eigenvalue weighted by molar-refractivity contribution is -0.253. The van der Waals surface area contributed by atoms with Gasteiger partial charge in [0.2, 0.25) is 5.91 Å². The van der Waals surface area contributed by atoms with Crippen molar-refractivity contribution in [2.75, 3.05) is 27.3 Å². The van der Waals surface area contributed by atoms with E-state index in [0.717, 1.165) is 90.2 Å². The van der Waals surface area contributed by atoms with Crippen molar-refractivity contribution in [3.63, 3.8) is 0 Å². The number of aliphatic carboxylic acids is 1. The molecule has 286 valence electrons. The van der Waals surface area contributed by atoms with Gasteiger partial charge < -0.3 is 34.5 Å². The van der Waals surface area contributed by atoms with Crippen molar-refractivity contribution >= 4 is 11.9 Å². The minimum Gasteiger partial charge on any atom is -0.493 e. The normalized spacial score (nSPS) is 18.5. The second-order valence-electron chi connectivity index (χ2n) is 14.2. The number of fused-ring (bicyclic) bond motifs is 1. The number of carboxylic acid groups (broad SMARTS) is 1. The lowest BCUT2D eigenvalue weighted by Crippen LogP contribution is -2.41. The molecular formula is C44H52N2O8. The summed E-state index contributed by atoms with van der Waals surface area (Å²) >= 11 is 0. The van der Waals surface area contributed by atoms with Crippen molar-refractivity contribution in [3.05, 3.63) is 118 Å². The summed E-state index contributed by atoms with van der Waals surface area (Å²) < 4.78 is 24.5. The van der Waals surface area contributed by atoms with Crippen molar-refractivity contribution in [2.24, 2.45) is 0 Å². The van der Waals surface area contributed by atoms with Crippen molar-refractivity contribution in [2.45, 2.75) is 89.6 Å². The number of unbranched alkanes of at least 4 members (excludes halogenated alkanes) is 3. The number of hydrogen-bond donors (Lipinski definition) is 3. The number of rotatable bonds is 17. The van der Waals surface area contributed by atoms with E-state index in [1.165, 1.54) is 11.1 Å². The molecular weight excluding hydrogens is 684 g/mol. The van der Waals surface area contributed by atoms with Gasteiger partial charge in [-0.2, -0.15) is 0 Å². The van der Waals surface area contributed by atoms with Gasteiger partial charge in [-0.1, -0.05) is 79.6 Å². The fourth-order valence-electron chi connectivity index (χ4n) is 7.32. The lowest BCUT2D eigenvalue weighted by Gasteiger charge is -2.39. The Morgan fingerprint density at radius 1 is 0.796 bits per heavy atom. The standard InChI is InChI=1S/C44H52N2O8/c1-51-40-23-36-20-21-46(27-37(36)24-41(40)52-2)28-38-25-39(33-14-12-30(29-47)13-15-33)54-44(53-38)34-18-16-32(17-19-34)35-9-7-8-31(22-35)26-45-42(48)10-5-3-4-6-11-43(49)50/h7-9,12-19,22-24,38-39,44,47H,3-6,10-11,20-21,25-29H2,1-2H3,(H,45,48)(H,49,50)/t38-,39+,44+/m1/s1. The quantitative estimate of drug-likeness (QED) is 0.0945. The summed E-state index contributed by atoms with van der Waals surface area (Å²) in [5.74, 6) is 0.725. The van der Waals surface area contributed by atoms with Crippen LogP contribution in [0.25, 0.3) is 11.1 Å². The van der Waals surface area contributed by atoms with Crippen LogP contribution in [0.15, 0.2) is 84.9 Å². The number of nitrogens with one attached hydrogen (secondary N) is 1. The highest BCUT2D eigenvalue weighted by atomic mass is 16.7. The molecule has 10 heteroatoms. The van der Waals surface area contributed by atoms with Gasteiger partial charge in [-0.05, 0) is 76.4 Å². The first-order valence-electron chi connectivity index (χ1n) is 19.0. The van der Waals surface area contributed by atoms with E-state index in [4.69, 9.17) is 24.1 Å². The number of aliphatic hydroxyl groups is 1. The second-order valence-corrected chi connectivity index (χ2v) is 14.2. The zero-order valence-corrected chi connectivity index (χ0v) is 31.3. The molecule has 2 aliphatic heterocycles. The molecule has 0 aliphatic carbocycles. The fourth-order valence-corrected chi connectivity index (χ4v) is 7.32. The van der Waals surface area contributed by atoms with E-state index >= 15 is 0 Å². The topological polar surface area (TPSA) is 127 Å². The third kappa shape index (κ3) is 10.5. The van der Waals surface area contributed by atoms with Gasteiger partial charge in [0, 0.05) is 51.0 Å². The Hall–Kier alpha value is -4.74. The minimum absolute atomic E-state index is 0.00224. The highest BCUT2D eigenvalue weighted by molar-refractivity contribution is 5.76. The van der Waals surface area contributed by atoms with Crippen LogP contribution in [0.3, 0.4) is 0 Å². The molecule has 4 aromatic carbocycles. The number of methoxy groups -OCH3 is 2. The zero-order valence-electron chi connectivity index (χ0n) is 31.3. The van der Waals surface area contributed by atoms with Crippen LogP contribution in [-0.4, -0.2) is 60.4 Å². The van der Waals surface area contributed by atoms with E-state index in [-0.39, 0.29) is 31.1 Å². The minimum atomic E-state index is -0.775. The van der Waals surface area contributed by atoms with E-state index in [0.29, 0.717) is 25.8 Å². The molecule has 0 saturated carbocycles. The Morgan fingerprint density at radius 2 is 1.50 bits per heavy atom. The van der Waals surface area contributed by atoms with E-state index in [1.807, 2.05) is 36.4 Å². The van der Waals surface area contributed by atoms with Crippen LogP contribution in [0.4, 0.5) is 0 Å². The van der Waals surface area contributed by atoms with E-state index in [2.05, 4.69) is 58.7 Å². The fraction of sp³-hybridized carbons (Fsp3) is 0.409. The van der Waals surface area contributed by atoms with Crippen LogP contribution in [0.2, 0.25) is 0 Å². The number of ether oxygens (including phenoxy) is 4. The Kier molecular flexibility index (Phi) is 13.7. The molecule has 6 rings (SSSR count). The number of hydrogen-bond acceptors (Lipinski definition) is 8. The first-order valence-corrected chi connectivity index (χ1v) is 19.0. The number of benzene rings is 4. The van der Waals surface area contributed by atoms with Gasteiger partial charge in [-0.25, -0.2) is 0 Å². The van der Waals surface area contributed by atoms with Crippen molar-refractivity contribution in [1.82, 2.24) is 10.2 Å². The monoisotopic (exact) mass is 736 g/mol. The third-order valence-corrected chi connectivity index (χ3v) is 10.4. The van der Waals surface area contributed by atoms with Gasteiger partial charge in [0.25, 0.3) is 0 Å². The number of aliphatic hydroxyl groups excluding tert-OH is 1. The molecule has 10 nitrogen and oxygen atoms in total. The number of carbonyl (C=O) groups is 2. The largest absolute Gasteiger partial charge is 0.493 e. The molecule has 3 atom stereocenters. The van der Waals surface area contributed by atoms with Crippen LogP contribution in [0.1, 0.15) is 90.7 Å². The molecule has 1 saturated heterocycles. The van der Waals surface area contributed by atoms with Crippen molar-refractivity contribution in [3.8, 4) is 22.6 Å². The molecule has 54 heavy (non-hydrogen) atoms. The molecule has 1 fully saturated rings. The number of carboxylic acids is 1. The Balaban J connectivity index is 1.10. The van der Waals surface area contributed by atoms with Gasteiger partial charge in [-0.3, -0.25) is 14.5 Å². The van der Waals surface area contributed by atoms with Gasteiger partial charge in [0.15, 0.2) is 17.8 Å². The summed E-state index contributed by atoms with van der Waals surface area (Å²) in [6, 6.07) is 28.6. The third-order valence-electron chi connectivity index (χ3n) is 10.4. The number of nitrogens with zero attached hydrogens (tertiary/aromatic N) is 1. The lowest BCUT2D eigenvalue weighted by atomic mass is 9.96. The number of amides is 1. The molecule has 3 N–H and O–H groups in total. The Labute approximate surface area is 318 Å². The summed E-state index contributed by atoms with van der Waals surface area (Å²) in [5, 5.41) is 21.4. The summed E-state index contributed by atoms with van der Waals surface area (Å²) in [7, 11) is 3.34. The molecule has 1 amide bonds. The molecule has 0 bridgehead atoms. The molecule has 0 spiro atoms. The van der Waals surface area contributed by atoms with Gasteiger partial charge in [-0.15, -0.1) is 0 Å². The maximum absolute atomic E-state index is 12.4. The van der Waals surface area contributed by atoms with Crippen LogP contribution in [-0.2, 0) is 45.2 Å². The van der Waals surface area contributed by atoms with Crippen molar-refractivity contribution < 1.29 is 38.7 Å². The average molecular weight is 737 g/mol. The van der Waals surface area contributed by atoms with Gasteiger partial charge in [0.05, 0.1) is 33.0 Å². The summed E-state index contributed by atoms with van der Waals surface area (Å²) in [6.45, 7) is 2.91.